The van der Waals surface area contributed by atoms with Gasteiger partial charge in [-0.2, -0.15) is 0 Å². The molecule has 1 aliphatic carbocycles. The molecule has 1 saturated carbocycles. The van der Waals surface area contributed by atoms with E-state index in [0.717, 1.165) is 36.1 Å². The van der Waals surface area contributed by atoms with E-state index in [9.17, 15) is 9.59 Å². The van der Waals surface area contributed by atoms with E-state index in [1.54, 1.807) is 6.20 Å². The number of hydrogen-bond donors (Lipinski definition) is 2. The summed E-state index contributed by atoms with van der Waals surface area (Å²) in [7, 11) is 0. The van der Waals surface area contributed by atoms with E-state index in [0.29, 0.717) is 5.82 Å². The molecular formula is C17H21N5O2. The lowest BCUT2D eigenvalue weighted by Gasteiger charge is -2.23. The van der Waals surface area contributed by atoms with Crippen LogP contribution in [-0.2, 0) is 16.1 Å². The molecule has 0 radical (unpaired) electrons. The standard InChI is InChI=1S/C17H21N5O2/c1-11-5-3-8-14(12(11)2)18-16(23)10-22-9-15(20-21-22)19-17(24)13-6-4-7-13/h3,5,8-9,13H,4,6-7,10H2,1-2H3,(H,18,23)(H,19,24). The molecule has 0 saturated heterocycles. The van der Waals surface area contributed by atoms with Gasteiger partial charge in [-0.15, -0.1) is 5.10 Å². The van der Waals surface area contributed by atoms with E-state index >= 15 is 0 Å². The highest BCUT2D eigenvalue weighted by Crippen LogP contribution is 2.27. The zero-order chi connectivity index (χ0) is 17.1. The fourth-order valence-electron chi connectivity index (χ4n) is 2.56. The van der Waals surface area contributed by atoms with Gasteiger partial charge in [0, 0.05) is 11.6 Å². The zero-order valence-electron chi connectivity index (χ0n) is 13.9. The van der Waals surface area contributed by atoms with Crippen LogP contribution in [0.15, 0.2) is 24.4 Å². The second-order valence-electron chi connectivity index (χ2n) is 6.21. The van der Waals surface area contributed by atoms with Crippen LogP contribution in [0.5, 0.6) is 0 Å². The number of amides is 2. The van der Waals surface area contributed by atoms with Crippen molar-refractivity contribution in [3.63, 3.8) is 0 Å². The van der Waals surface area contributed by atoms with Gasteiger partial charge in [0.1, 0.15) is 6.54 Å². The molecule has 24 heavy (non-hydrogen) atoms. The number of rotatable bonds is 5. The minimum atomic E-state index is -0.189. The zero-order valence-corrected chi connectivity index (χ0v) is 13.9. The predicted molar refractivity (Wildman–Crippen MR) is 90.5 cm³/mol. The van der Waals surface area contributed by atoms with Crippen molar-refractivity contribution in [1.82, 2.24) is 15.0 Å². The van der Waals surface area contributed by atoms with Gasteiger partial charge in [0.2, 0.25) is 11.8 Å². The van der Waals surface area contributed by atoms with E-state index in [4.69, 9.17) is 0 Å². The summed E-state index contributed by atoms with van der Waals surface area (Å²) in [5.41, 5.74) is 2.95. The predicted octanol–water partition coefficient (Wildman–Crippen LogP) is 2.27. The molecule has 1 aromatic carbocycles. The Hall–Kier alpha value is -2.70. The Morgan fingerprint density at radius 2 is 2.04 bits per heavy atom. The molecule has 1 heterocycles. The third-order valence-electron chi connectivity index (χ3n) is 4.45. The lowest BCUT2D eigenvalue weighted by Crippen LogP contribution is -2.28. The Kier molecular flexibility index (Phi) is 4.59. The molecule has 2 aromatic rings. The molecule has 0 unspecified atom stereocenters. The van der Waals surface area contributed by atoms with Gasteiger partial charge in [0.05, 0.1) is 6.20 Å². The molecule has 0 bridgehead atoms. The van der Waals surface area contributed by atoms with E-state index in [-0.39, 0.29) is 24.3 Å². The Morgan fingerprint density at radius 3 is 2.75 bits per heavy atom. The van der Waals surface area contributed by atoms with Gasteiger partial charge in [0.25, 0.3) is 0 Å². The third-order valence-corrected chi connectivity index (χ3v) is 4.45. The van der Waals surface area contributed by atoms with Crippen LogP contribution in [0.3, 0.4) is 0 Å². The monoisotopic (exact) mass is 327 g/mol. The number of nitrogens with zero attached hydrogens (tertiary/aromatic N) is 3. The number of anilines is 2. The topological polar surface area (TPSA) is 88.9 Å². The normalized spacial score (nSPS) is 14.1. The molecule has 2 N–H and O–H groups in total. The van der Waals surface area contributed by atoms with Crippen molar-refractivity contribution in [3.8, 4) is 0 Å². The van der Waals surface area contributed by atoms with Crippen LogP contribution < -0.4 is 10.6 Å². The number of carbonyl (C=O) groups is 2. The Labute approximate surface area is 140 Å². The number of aryl methyl sites for hydroxylation is 1. The maximum Gasteiger partial charge on any atom is 0.246 e. The maximum atomic E-state index is 12.2. The van der Waals surface area contributed by atoms with Crippen LogP contribution in [0.4, 0.5) is 11.5 Å². The molecule has 1 fully saturated rings. The van der Waals surface area contributed by atoms with Gasteiger partial charge in [-0.1, -0.05) is 23.8 Å². The molecule has 7 heteroatoms. The van der Waals surface area contributed by atoms with Crippen molar-refractivity contribution in [2.24, 2.45) is 5.92 Å². The molecule has 0 aliphatic heterocycles. The second kappa shape index (κ2) is 6.82. The Morgan fingerprint density at radius 1 is 1.25 bits per heavy atom. The van der Waals surface area contributed by atoms with Crippen molar-refractivity contribution in [3.05, 3.63) is 35.5 Å². The minimum Gasteiger partial charge on any atom is -0.324 e. The first-order valence-corrected chi connectivity index (χ1v) is 8.10. The highest BCUT2D eigenvalue weighted by Gasteiger charge is 2.25. The van der Waals surface area contributed by atoms with Crippen LogP contribution in [0, 0.1) is 19.8 Å². The van der Waals surface area contributed by atoms with Crippen LogP contribution in [0.1, 0.15) is 30.4 Å². The summed E-state index contributed by atoms with van der Waals surface area (Å²) in [5, 5.41) is 13.4. The third kappa shape index (κ3) is 3.61. The van der Waals surface area contributed by atoms with Gasteiger partial charge in [-0.25, -0.2) is 4.68 Å². The largest absolute Gasteiger partial charge is 0.324 e. The summed E-state index contributed by atoms with van der Waals surface area (Å²) >= 11 is 0. The molecule has 3 rings (SSSR count). The SMILES string of the molecule is Cc1cccc(NC(=O)Cn2cc(NC(=O)C3CCC3)nn2)c1C. The average Bonchev–Trinajstić information content (AvgIpc) is 2.89. The summed E-state index contributed by atoms with van der Waals surface area (Å²) in [6.07, 6.45) is 4.53. The van der Waals surface area contributed by atoms with Crippen LogP contribution in [0.2, 0.25) is 0 Å². The van der Waals surface area contributed by atoms with E-state index in [1.165, 1.54) is 4.68 Å². The Bertz CT molecular complexity index is 764. The van der Waals surface area contributed by atoms with E-state index < -0.39 is 0 Å². The highest BCUT2D eigenvalue weighted by atomic mass is 16.2. The number of hydrogen-bond acceptors (Lipinski definition) is 4. The van der Waals surface area contributed by atoms with Gasteiger partial charge in [0.15, 0.2) is 5.82 Å². The van der Waals surface area contributed by atoms with Crippen molar-refractivity contribution >= 4 is 23.3 Å². The summed E-state index contributed by atoms with van der Waals surface area (Å²) < 4.78 is 1.41. The summed E-state index contributed by atoms with van der Waals surface area (Å²) in [5.74, 6) is 0.257. The molecule has 1 aromatic heterocycles. The number of benzene rings is 1. The molecule has 7 nitrogen and oxygen atoms in total. The minimum absolute atomic E-state index is 0.0202. The van der Waals surface area contributed by atoms with Crippen LogP contribution in [0.25, 0.3) is 0 Å². The van der Waals surface area contributed by atoms with E-state index in [1.807, 2.05) is 32.0 Å². The maximum absolute atomic E-state index is 12.2. The smallest absolute Gasteiger partial charge is 0.246 e. The van der Waals surface area contributed by atoms with E-state index in [2.05, 4.69) is 20.9 Å². The molecule has 0 spiro atoms. The first-order valence-electron chi connectivity index (χ1n) is 8.10. The van der Waals surface area contributed by atoms with Gasteiger partial charge >= 0.3 is 0 Å². The van der Waals surface area contributed by atoms with Crippen LogP contribution >= 0.6 is 0 Å². The molecule has 0 atom stereocenters. The number of carbonyl (C=O) groups excluding carboxylic acids is 2. The fraction of sp³-hybridized carbons (Fsp3) is 0.412. The first-order chi connectivity index (χ1) is 11.5. The number of nitrogens with one attached hydrogen (secondary N) is 2. The molecular weight excluding hydrogens is 306 g/mol. The summed E-state index contributed by atoms with van der Waals surface area (Å²) in [6.45, 7) is 4.01. The fourth-order valence-corrected chi connectivity index (χ4v) is 2.56. The van der Waals surface area contributed by atoms with Crippen molar-refractivity contribution in [1.29, 1.82) is 0 Å². The Balaban J connectivity index is 1.56. The summed E-state index contributed by atoms with van der Waals surface area (Å²) in [6, 6.07) is 5.77. The lowest BCUT2D eigenvalue weighted by molar-refractivity contribution is -0.122. The molecule has 2 amide bonds. The van der Waals surface area contributed by atoms with Crippen molar-refractivity contribution in [2.45, 2.75) is 39.7 Å². The molecule has 1 aliphatic rings. The average molecular weight is 327 g/mol. The van der Waals surface area contributed by atoms with Crippen molar-refractivity contribution in [2.75, 3.05) is 10.6 Å². The lowest BCUT2D eigenvalue weighted by atomic mass is 9.85. The second-order valence-corrected chi connectivity index (χ2v) is 6.21. The van der Waals surface area contributed by atoms with Gasteiger partial charge in [-0.3, -0.25) is 9.59 Å². The van der Waals surface area contributed by atoms with Gasteiger partial charge < -0.3 is 10.6 Å². The first kappa shape index (κ1) is 16.2. The van der Waals surface area contributed by atoms with Crippen LogP contribution in [-0.4, -0.2) is 26.8 Å². The highest BCUT2D eigenvalue weighted by molar-refractivity contribution is 5.92. The van der Waals surface area contributed by atoms with Gasteiger partial charge in [-0.05, 0) is 43.9 Å². The summed E-state index contributed by atoms with van der Waals surface area (Å²) in [4.78, 5) is 24.0. The number of aromatic nitrogens is 3. The quantitative estimate of drug-likeness (QED) is 0.881. The van der Waals surface area contributed by atoms with Crippen molar-refractivity contribution < 1.29 is 9.59 Å². The molecule has 126 valence electrons.